The van der Waals surface area contributed by atoms with Crippen molar-refractivity contribution in [3.63, 3.8) is 0 Å². The molecule has 0 radical (unpaired) electrons. The van der Waals surface area contributed by atoms with Gasteiger partial charge in [-0.15, -0.1) is 0 Å². The molecule has 1 fully saturated rings. The second-order valence-electron chi connectivity index (χ2n) is 6.12. The number of anilines is 1. The maximum atomic E-state index is 12.2. The molecule has 1 amide bonds. The zero-order valence-corrected chi connectivity index (χ0v) is 14.1. The van der Waals surface area contributed by atoms with E-state index in [-0.39, 0.29) is 5.91 Å². The average molecular weight is 324 g/mol. The molecule has 2 aromatic rings. The normalized spacial score (nSPS) is 13.8. The van der Waals surface area contributed by atoms with Gasteiger partial charge in [0, 0.05) is 25.3 Å². The highest BCUT2D eigenvalue weighted by molar-refractivity contribution is 5.78. The minimum absolute atomic E-state index is 0.0383. The lowest BCUT2D eigenvalue weighted by Gasteiger charge is -2.21. The number of hydrogen-bond acceptors (Lipinski definition) is 3. The molecule has 0 aromatic heterocycles. The summed E-state index contributed by atoms with van der Waals surface area (Å²) < 4.78 is 5.14. The van der Waals surface area contributed by atoms with Gasteiger partial charge in [-0.3, -0.25) is 4.79 Å². The summed E-state index contributed by atoms with van der Waals surface area (Å²) in [5.74, 6) is 0.843. The summed E-state index contributed by atoms with van der Waals surface area (Å²) >= 11 is 0. The molecular formula is C20H24N2O2. The van der Waals surface area contributed by atoms with Crippen LogP contribution in [0.3, 0.4) is 0 Å². The van der Waals surface area contributed by atoms with Gasteiger partial charge in [0.15, 0.2) is 0 Å². The van der Waals surface area contributed by atoms with Crippen molar-refractivity contribution in [2.24, 2.45) is 0 Å². The lowest BCUT2D eigenvalue weighted by Crippen LogP contribution is -2.26. The molecule has 4 nitrogen and oxygen atoms in total. The first-order valence-corrected chi connectivity index (χ1v) is 8.49. The first-order chi connectivity index (χ1) is 11.8. The Labute approximate surface area is 143 Å². The Morgan fingerprint density at radius 3 is 2.50 bits per heavy atom. The first-order valence-electron chi connectivity index (χ1n) is 8.49. The summed E-state index contributed by atoms with van der Waals surface area (Å²) in [5.41, 5.74) is 3.42. The molecule has 0 spiro atoms. The fourth-order valence-electron chi connectivity index (χ4n) is 3.11. The Balaban J connectivity index is 1.58. The number of nitrogens with one attached hydrogen (secondary N) is 1. The molecule has 4 heteroatoms. The topological polar surface area (TPSA) is 41.6 Å². The number of amides is 1. The Hall–Kier alpha value is -2.49. The van der Waals surface area contributed by atoms with Crippen molar-refractivity contribution in [1.82, 2.24) is 5.32 Å². The lowest BCUT2D eigenvalue weighted by molar-refractivity contribution is -0.120. The van der Waals surface area contributed by atoms with Gasteiger partial charge in [-0.05, 0) is 42.2 Å². The van der Waals surface area contributed by atoms with Gasteiger partial charge in [0.1, 0.15) is 5.75 Å². The number of hydrogen-bond donors (Lipinski definition) is 1. The van der Waals surface area contributed by atoms with Gasteiger partial charge in [0.25, 0.3) is 0 Å². The number of rotatable bonds is 6. The molecule has 1 saturated heterocycles. The predicted molar refractivity (Wildman–Crippen MR) is 96.4 cm³/mol. The number of ether oxygens (including phenoxy) is 1. The molecule has 2 aromatic carbocycles. The van der Waals surface area contributed by atoms with Crippen molar-refractivity contribution in [2.45, 2.75) is 25.8 Å². The van der Waals surface area contributed by atoms with Crippen molar-refractivity contribution < 1.29 is 9.53 Å². The van der Waals surface area contributed by atoms with Crippen molar-refractivity contribution in [3.05, 3.63) is 59.7 Å². The monoisotopic (exact) mass is 324 g/mol. The third-order valence-electron chi connectivity index (χ3n) is 4.44. The largest absolute Gasteiger partial charge is 0.497 e. The lowest BCUT2D eigenvalue weighted by atomic mass is 10.1. The summed E-state index contributed by atoms with van der Waals surface area (Å²) in [5, 5.41) is 3.04. The van der Waals surface area contributed by atoms with Gasteiger partial charge in [-0.25, -0.2) is 0 Å². The highest BCUT2D eigenvalue weighted by Gasteiger charge is 2.15. The zero-order valence-electron chi connectivity index (χ0n) is 14.1. The van der Waals surface area contributed by atoms with E-state index in [9.17, 15) is 4.79 Å². The van der Waals surface area contributed by atoms with Crippen LogP contribution in [0.2, 0.25) is 0 Å². The van der Waals surface area contributed by atoms with Crippen molar-refractivity contribution in [3.8, 4) is 5.75 Å². The maximum Gasteiger partial charge on any atom is 0.224 e. The van der Waals surface area contributed by atoms with Crippen molar-refractivity contribution in [2.75, 3.05) is 25.1 Å². The first kappa shape index (κ1) is 16.4. The highest BCUT2D eigenvalue weighted by atomic mass is 16.5. The highest BCUT2D eigenvalue weighted by Crippen LogP contribution is 2.24. The van der Waals surface area contributed by atoms with Crippen LogP contribution in [0.4, 0.5) is 5.69 Å². The quantitative estimate of drug-likeness (QED) is 0.887. The fraction of sp³-hybridized carbons (Fsp3) is 0.350. The predicted octanol–water partition coefficient (Wildman–Crippen LogP) is 3.15. The molecule has 126 valence electrons. The molecule has 1 heterocycles. The molecule has 1 N–H and O–H groups in total. The summed E-state index contributed by atoms with van der Waals surface area (Å²) in [6, 6.07) is 16.0. The van der Waals surface area contributed by atoms with E-state index in [2.05, 4.69) is 28.4 Å². The van der Waals surface area contributed by atoms with Gasteiger partial charge in [0.2, 0.25) is 5.91 Å². The Bertz CT molecular complexity index is 676. The summed E-state index contributed by atoms with van der Waals surface area (Å²) in [6.07, 6.45) is 2.88. The van der Waals surface area contributed by atoms with E-state index >= 15 is 0 Å². The van der Waals surface area contributed by atoms with Crippen LogP contribution in [0, 0.1) is 0 Å². The maximum absolute atomic E-state index is 12.2. The van der Waals surface area contributed by atoms with Crippen LogP contribution in [0.5, 0.6) is 5.75 Å². The zero-order chi connectivity index (χ0) is 16.8. The fourth-order valence-corrected chi connectivity index (χ4v) is 3.11. The standard InChI is InChI=1S/C20H24N2O2/c1-24-18-10-8-16(9-11-18)14-20(23)21-15-17-6-2-3-7-19(17)22-12-4-5-13-22/h2-3,6-11H,4-5,12-15H2,1H3,(H,21,23). The van der Waals surface area contributed by atoms with E-state index in [4.69, 9.17) is 4.74 Å². The van der Waals surface area contributed by atoms with Gasteiger partial charge in [0.05, 0.1) is 13.5 Å². The molecular weight excluding hydrogens is 300 g/mol. The number of methoxy groups -OCH3 is 1. The third kappa shape index (κ3) is 4.07. The van der Waals surface area contributed by atoms with Crippen LogP contribution in [-0.2, 0) is 17.8 Å². The van der Waals surface area contributed by atoms with E-state index in [0.29, 0.717) is 13.0 Å². The SMILES string of the molecule is COc1ccc(CC(=O)NCc2ccccc2N2CCCC2)cc1. The van der Waals surface area contributed by atoms with Crippen molar-refractivity contribution in [1.29, 1.82) is 0 Å². The van der Waals surface area contributed by atoms with Gasteiger partial charge >= 0.3 is 0 Å². The second-order valence-corrected chi connectivity index (χ2v) is 6.12. The molecule has 1 aliphatic rings. The van der Waals surface area contributed by atoms with E-state index in [0.717, 1.165) is 24.4 Å². The van der Waals surface area contributed by atoms with Crippen molar-refractivity contribution >= 4 is 11.6 Å². The Kier molecular flexibility index (Phi) is 5.36. The Morgan fingerprint density at radius 1 is 1.08 bits per heavy atom. The van der Waals surface area contributed by atoms with Crippen LogP contribution in [0.1, 0.15) is 24.0 Å². The molecule has 1 aliphatic heterocycles. The number of para-hydroxylation sites is 1. The molecule has 0 saturated carbocycles. The molecule has 0 unspecified atom stereocenters. The number of nitrogens with zero attached hydrogens (tertiary/aromatic N) is 1. The van der Waals surface area contributed by atoms with Crippen LogP contribution < -0.4 is 15.0 Å². The Morgan fingerprint density at radius 2 is 1.79 bits per heavy atom. The van der Waals surface area contributed by atoms with Crippen LogP contribution in [-0.4, -0.2) is 26.1 Å². The second kappa shape index (κ2) is 7.86. The molecule has 3 rings (SSSR count). The number of carbonyl (C=O) groups is 1. The van der Waals surface area contributed by atoms with Crippen LogP contribution >= 0.6 is 0 Å². The average Bonchev–Trinajstić information content (AvgIpc) is 3.15. The van der Waals surface area contributed by atoms with Gasteiger partial charge in [-0.2, -0.15) is 0 Å². The van der Waals surface area contributed by atoms with Gasteiger partial charge in [-0.1, -0.05) is 30.3 Å². The number of benzene rings is 2. The minimum Gasteiger partial charge on any atom is -0.497 e. The van der Waals surface area contributed by atoms with Gasteiger partial charge < -0.3 is 15.0 Å². The number of carbonyl (C=O) groups excluding carboxylic acids is 1. The minimum atomic E-state index is 0.0383. The van der Waals surface area contributed by atoms with E-state index in [1.807, 2.05) is 30.3 Å². The smallest absolute Gasteiger partial charge is 0.224 e. The van der Waals surface area contributed by atoms with E-state index < -0.39 is 0 Å². The van der Waals surface area contributed by atoms with E-state index in [1.54, 1.807) is 7.11 Å². The summed E-state index contributed by atoms with van der Waals surface area (Å²) in [4.78, 5) is 14.6. The summed E-state index contributed by atoms with van der Waals surface area (Å²) in [6.45, 7) is 2.79. The molecule has 24 heavy (non-hydrogen) atoms. The van der Waals surface area contributed by atoms with Crippen LogP contribution in [0.25, 0.3) is 0 Å². The summed E-state index contributed by atoms with van der Waals surface area (Å²) in [7, 11) is 1.64. The van der Waals surface area contributed by atoms with Crippen LogP contribution in [0.15, 0.2) is 48.5 Å². The van der Waals surface area contributed by atoms with E-state index in [1.165, 1.54) is 24.1 Å². The molecule has 0 atom stereocenters. The molecule has 0 bridgehead atoms. The molecule has 0 aliphatic carbocycles. The third-order valence-corrected chi connectivity index (χ3v) is 4.44.